The van der Waals surface area contributed by atoms with Gasteiger partial charge in [-0.15, -0.1) is 0 Å². The van der Waals surface area contributed by atoms with Crippen LogP contribution < -0.4 is 5.73 Å². The highest BCUT2D eigenvalue weighted by atomic mass is 79.9. The minimum Gasteiger partial charge on any atom is -0.330 e. The lowest BCUT2D eigenvalue weighted by Crippen LogP contribution is -2.02. The molecule has 0 saturated carbocycles. The molecule has 68 valence electrons. The smallest absolute Gasteiger partial charge is 0.0178 e. The molecule has 0 aliphatic carbocycles. The first-order chi connectivity index (χ1) is 5.83. The topological polar surface area (TPSA) is 26.0 Å². The standard InChI is InChI=1S/C8H10BrN.C2H6/c9-8-3-1-2-7(6-8)4-5-10;1-2/h1-3,6H,4-5,10H2;1-2H3. The zero-order chi connectivity index (χ0) is 9.40. The van der Waals surface area contributed by atoms with Gasteiger partial charge in [-0.3, -0.25) is 0 Å². The van der Waals surface area contributed by atoms with Gasteiger partial charge in [-0.25, -0.2) is 0 Å². The lowest BCUT2D eigenvalue weighted by Gasteiger charge is -1.97. The van der Waals surface area contributed by atoms with E-state index in [-0.39, 0.29) is 0 Å². The predicted octanol–water partition coefficient (Wildman–Crippen LogP) is 2.98. The Kier molecular flexibility index (Phi) is 7.11. The second-order valence-corrected chi connectivity index (χ2v) is 3.08. The maximum atomic E-state index is 5.40. The molecule has 0 aliphatic rings. The molecule has 0 heterocycles. The molecular weight excluding hydrogens is 214 g/mol. The summed E-state index contributed by atoms with van der Waals surface area (Å²) in [6, 6.07) is 8.21. The highest BCUT2D eigenvalue weighted by molar-refractivity contribution is 9.10. The van der Waals surface area contributed by atoms with E-state index in [2.05, 4.69) is 28.1 Å². The molecule has 1 rings (SSSR count). The molecule has 1 aromatic carbocycles. The zero-order valence-corrected chi connectivity index (χ0v) is 9.26. The van der Waals surface area contributed by atoms with E-state index in [1.54, 1.807) is 0 Å². The number of hydrogen-bond donors (Lipinski definition) is 1. The van der Waals surface area contributed by atoms with E-state index in [9.17, 15) is 0 Å². The van der Waals surface area contributed by atoms with Gasteiger partial charge in [-0.05, 0) is 30.7 Å². The normalized spacial score (nSPS) is 8.67. The van der Waals surface area contributed by atoms with E-state index < -0.39 is 0 Å². The fraction of sp³-hybridized carbons (Fsp3) is 0.400. The molecule has 0 unspecified atom stereocenters. The van der Waals surface area contributed by atoms with Gasteiger partial charge in [0.15, 0.2) is 0 Å². The summed E-state index contributed by atoms with van der Waals surface area (Å²) in [4.78, 5) is 0. The number of hydrogen-bond acceptors (Lipinski definition) is 1. The van der Waals surface area contributed by atoms with Crippen molar-refractivity contribution in [2.75, 3.05) is 6.54 Å². The van der Waals surface area contributed by atoms with Crippen molar-refractivity contribution in [1.82, 2.24) is 0 Å². The van der Waals surface area contributed by atoms with E-state index in [0.717, 1.165) is 17.4 Å². The van der Waals surface area contributed by atoms with Gasteiger partial charge < -0.3 is 5.73 Å². The summed E-state index contributed by atoms with van der Waals surface area (Å²) in [5.74, 6) is 0. The Balaban J connectivity index is 0.000000561. The van der Waals surface area contributed by atoms with Crippen molar-refractivity contribution in [2.24, 2.45) is 5.73 Å². The first kappa shape index (κ1) is 11.7. The van der Waals surface area contributed by atoms with Gasteiger partial charge in [0, 0.05) is 4.47 Å². The van der Waals surface area contributed by atoms with Crippen molar-refractivity contribution in [3.63, 3.8) is 0 Å². The van der Waals surface area contributed by atoms with Crippen LogP contribution in [-0.2, 0) is 6.42 Å². The summed E-state index contributed by atoms with van der Waals surface area (Å²) >= 11 is 3.39. The van der Waals surface area contributed by atoms with Crippen LogP contribution in [0.2, 0.25) is 0 Å². The van der Waals surface area contributed by atoms with Crippen molar-refractivity contribution in [3.8, 4) is 0 Å². The predicted molar refractivity (Wildman–Crippen MR) is 58.2 cm³/mol. The Bertz CT molecular complexity index is 211. The van der Waals surface area contributed by atoms with E-state index in [1.807, 2.05) is 26.0 Å². The second-order valence-electron chi connectivity index (χ2n) is 2.17. The van der Waals surface area contributed by atoms with Crippen molar-refractivity contribution in [3.05, 3.63) is 34.3 Å². The number of halogens is 1. The molecule has 0 radical (unpaired) electrons. The van der Waals surface area contributed by atoms with Gasteiger partial charge in [0.05, 0.1) is 0 Å². The molecule has 0 bridgehead atoms. The Morgan fingerprint density at radius 2 is 2.00 bits per heavy atom. The summed E-state index contributed by atoms with van der Waals surface area (Å²) < 4.78 is 1.12. The van der Waals surface area contributed by atoms with Crippen molar-refractivity contribution >= 4 is 15.9 Å². The SMILES string of the molecule is CC.NCCc1cccc(Br)c1. The van der Waals surface area contributed by atoms with E-state index in [4.69, 9.17) is 5.73 Å². The Labute approximate surface area is 83.1 Å². The van der Waals surface area contributed by atoms with Crippen LogP contribution in [0.3, 0.4) is 0 Å². The van der Waals surface area contributed by atoms with Crippen LogP contribution in [0.5, 0.6) is 0 Å². The van der Waals surface area contributed by atoms with Gasteiger partial charge in [-0.1, -0.05) is 41.9 Å². The molecule has 0 aliphatic heterocycles. The lowest BCUT2D eigenvalue weighted by molar-refractivity contribution is 0.968. The van der Waals surface area contributed by atoms with Crippen LogP contribution in [0.4, 0.5) is 0 Å². The molecule has 1 nitrogen and oxygen atoms in total. The van der Waals surface area contributed by atoms with Crippen LogP contribution >= 0.6 is 15.9 Å². The maximum Gasteiger partial charge on any atom is 0.0178 e. The molecule has 0 saturated heterocycles. The Hall–Kier alpha value is -0.340. The molecular formula is C10H16BrN. The lowest BCUT2D eigenvalue weighted by atomic mass is 10.2. The molecule has 0 fully saturated rings. The molecule has 0 spiro atoms. The monoisotopic (exact) mass is 229 g/mol. The summed E-state index contributed by atoms with van der Waals surface area (Å²) in [7, 11) is 0. The average molecular weight is 230 g/mol. The summed E-state index contributed by atoms with van der Waals surface area (Å²) in [5, 5.41) is 0. The zero-order valence-electron chi connectivity index (χ0n) is 7.68. The Morgan fingerprint density at radius 3 is 2.50 bits per heavy atom. The third-order valence-electron chi connectivity index (χ3n) is 1.32. The van der Waals surface area contributed by atoms with Gasteiger partial charge in [0.25, 0.3) is 0 Å². The molecule has 0 amide bonds. The second kappa shape index (κ2) is 7.32. The summed E-state index contributed by atoms with van der Waals surface area (Å²) in [5.41, 5.74) is 6.68. The fourth-order valence-corrected chi connectivity index (χ4v) is 1.31. The van der Waals surface area contributed by atoms with Gasteiger partial charge >= 0.3 is 0 Å². The van der Waals surface area contributed by atoms with Crippen LogP contribution in [0.15, 0.2) is 28.7 Å². The molecule has 2 heteroatoms. The van der Waals surface area contributed by atoms with E-state index in [0.29, 0.717) is 0 Å². The highest BCUT2D eigenvalue weighted by Crippen LogP contribution is 2.11. The minimum atomic E-state index is 0.719. The average Bonchev–Trinajstić information content (AvgIpc) is 2.09. The minimum absolute atomic E-state index is 0.719. The van der Waals surface area contributed by atoms with Gasteiger partial charge in [-0.2, -0.15) is 0 Å². The van der Waals surface area contributed by atoms with E-state index >= 15 is 0 Å². The van der Waals surface area contributed by atoms with Gasteiger partial charge in [0.1, 0.15) is 0 Å². The third-order valence-corrected chi connectivity index (χ3v) is 1.82. The van der Waals surface area contributed by atoms with E-state index in [1.165, 1.54) is 5.56 Å². The molecule has 0 atom stereocenters. The van der Waals surface area contributed by atoms with Crippen LogP contribution in [0, 0.1) is 0 Å². The quantitative estimate of drug-likeness (QED) is 0.830. The van der Waals surface area contributed by atoms with Crippen molar-refractivity contribution < 1.29 is 0 Å². The van der Waals surface area contributed by atoms with Crippen molar-refractivity contribution in [2.45, 2.75) is 20.3 Å². The number of rotatable bonds is 2. The maximum absolute atomic E-state index is 5.40. The number of benzene rings is 1. The van der Waals surface area contributed by atoms with Gasteiger partial charge in [0.2, 0.25) is 0 Å². The Morgan fingerprint density at radius 1 is 1.33 bits per heavy atom. The molecule has 0 aromatic heterocycles. The molecule has 12 heavy (non-hydrogen) atoms. The fourth-order valence-electron chi connectivity index (χ4n) is 0.859. The van der Waals surface area contributed by atoms with Crippen LogP contribution in [0.1, 0.15) is 19.4 Å². The third kappa shape index (κ3) is 4.52. The van der Waals surface area contributed by atoms with Crippen LogP contribution in [-0.4, -0.2) is 6.54 Å². The number of nitrogens with two attached hydrogens (primary N) is 1. The van der Waals surface area contributed by atoms with Crippen molar-refractivity contribution in [1.29, 1.82) is 0 Å². The van der Waals surface area contributed by atoms with Crippen LogP contribution in [0.25, 0.3) is 0 Å². The molecule has 2 N–H and O–H groups in total. The highest BCUT2D eigenvalue weighted by Gasteiger charge is 1.90. The summed E-state index contributed by atoms with van der Waals surface area (Å²) in [6.07, 6.45) is 0.958. The first-order valence-corrected chi connectivity index (χ1v) is 5.07. The first-order valence-electron chi connectivity index (χ1n) is 4.27. The largest absolute Gasteiger partial charge is 0.330 e. The molecule has 1 aromatic rings. The summed E-state index contributed by atoms with van der Waals surface area (Å²) in [6.45, 7) is 4.72.